The molecule has 0 aliphatic rings. The molecule has 0 fully saturated rings. The third kappa shape index (κ3) is 70.8. The zero-order chi connectivity index (χ0) is 59.9. The van der Waals surface area contributed by atoms with Crippen LogP contribution in [-0.2, 0) is 28.6 Å². The fourth-order valence-electron chi connectivity index (χ4n) is 12.0. The molecule has 0 aromatic rings. The van der Waals surface area contributed by atoms with Gasteiger partial charge < -0.3 is 14.2 Å². The topological polar surface area (TPSA) is 78.9 Å². The van der Waals surface area contributed by atoms with Gasteiger partial charge in [0, 0.05) is 19.3 Å². The first-order valence-electron chi connectivity index (χ1n) is 38.2. The van der Waals surface area contributed by atoms with Crippen LogP contribution in [0.4, 0.5) is 0 Å². The highest BCUT2D eigenvalue weighted by Gasteiger charge is 2.20. The van der Waals surface area contributed by atoms with Crippen LogP contribution in [0.15, 0.2) is 12.2 Å². The first-order valence-corrected chi connectivity index (χ1v) is 38.2. The fraction of sp³-hybridized carbons (Fsp3) is 0.935. The summed E-state index contributed by atoms with van der Waals surface area (Å²) in [5, 5.41) is 0. The summed E-state index contributed by atoms with van der Waals surface area (Å²) >= 11 is 0. The maximum absolute atomic E-state index is 12.9. The van der Waals surface area contributed by atoms with Gasteiger partial charge in [0.25, 0.3) is 0 Å². The molecule has 0 N–H and O–H groups in total. The molecule has 83 heavy (non-hydrogen) atoms. The van der Waals surface area contributed by atoms with Gasteiger partial charge >= 0.3 is 17.9 Å². The molecule has 0 aromatic carbocycles. The van der Waals surface area contributed by atoms with E-state index in [1.807, 2.05) is 0 Å². The molecule has 1 unspecified atom stereocenters. The van der Waals surface area contributed by atoms with Gasteiger partial charge in [-0.25, -0.2) is 0 Å². The highest BCUT2D eigenvalue weighted by Crippen LogP contribution is 2.20. The summed E-state index contributed by atoms with van der Waals surface area (Å²) in [6, 6.07) is 0. The predicted octanol–water partition coefficient (Wildman–Crippen LogP) is 26.3. The Labute approximate surface area is 520 Å². The van der Waals surface area contributed by atoms with Gasteiger partial charge in [-0.1, -0.05) is 392 Å². The number of carbonyl (C=O) groups excluding carboxylic acids is 3. The van der Waals surface area contributed by atoms with Crippen molar-refractivity contribution in [1.29, 1.82) is 0 Å². The molecule has 0 amide bonds. The monoisotopic (exact) mass is 1170 g/mol. The van der Waals surface area contributed by atoms with Crippen molar-refractivity contribution in [2.75, 3.05) is 13.2 Å². The number of esters is 3. The molecule has 0 bridgehead atoms. The van der Waals surface area contributed by atoms with Crippen molar-refractivity contribution < 1.29 is 28.6 Å². The molecule has 0 heterocycles. The second kappa shape index (κ2) is 72.6. The molecule has 0 radical (unpaired) electrons. The highest BCUT2D eigenvalue weighted by atomic mass is 16.6. The summed E-state index contributed by atoms with van der Waals surface area (Å²) < 4.78 is 17.0. The maximum Gasteiger partial charge on any atom is 0.306 e. The Morgan fingerprint density at radius 2 is 0.398 bits per heavy atom. The average Bonchev–Trinajstić information content (AvgIpc) is 3.49. The molecule has 0 spiro atoms. The van der Waals surface area contributed by atoms with E-state index in [-0.39, 0.29) is 31.1 Å². The molecule has 0 aromatic heterocycles. The van der Waals surface area contributed by atoms with E-state index in [9.17, 15) is 14.4 Å². The molecule has 1 atom stereocenters. The van der Waals surface area contributed by atoms with Crippen LogP contribution in [0, 0.1) is 0 Å². The molecule has 6 nitrogen and oxygen atoms in total. The van der Waals surface area contributed by atoms with Gasteiger partial charge in [0.2, 0.25) is 0 Å². The van der Waals surface area contributed by atoms with Gasteiger partial charge in [-0.2, -0.15) is 0 Å². The Hall–Kier alpha value is -1.85. The van der Waals surface area contributed by atoms with E-state index in [0.717, 1.165) is 57.8 Å². The van der Waals surface area contributed by atoms with Crippen molar-refractivity contribution >= 4 is 17.9 Å². The Balaban J connectivity index is 4.03. The van der Waals surface area contributed by atoms with E-state index in [2.05, 4.69) is 32.9 Å². The van der Waals surface area contributed by atoms with Crippen molar-refractivity contribution in [3.63, 3.8) is 0 Å². The van der Waals surface area contributed by atoms with E-state index >= 15 is 0 Å². The molecule has 6 heteroatoms. The summed E-state index contributed by atoms with van der Waals surface area (Å²) in [7, 11) is 0. The normalized spacial score (nSPS) is 12.0. The van der Waals surface area contributed by atoms with Gasteiger partial charge in [0.15, 0.2) is 6.10 Å². The van der Waals surface area contributed by atoms with Crippen LogP contribution < -0.4 is 0 Å². The van der Waals surface area contributed by atoms with Gasteiger partial charge in [0.05, 0.1) is 0 Å². The standard InChI is InChI=1S/C77H148O6/c1-4-7-10-13-16-19-22-24-26-28-30-32-34-35-36-37-38-39-40-41-42-43-44-46-47-49-51-53-55-58-61-64-67-70-76(79)82-73-74(72-81-75(78)69-66-63-60-57-21-18-15-12-9-6-3)83-77(80)71-68-65-62-59-56-54-52-50-48-45-33-31-29-27-25-23-20-17-14-11-8-5-2/h28,30,74H,4-27,29,31-73H2,1-3H3/b30-28-. The maximum atomic E-state index is 12.9. The van der Waals surface area contributed by atoms with Crippen LogP contribution in [0.25, 0.3) is 0 Å². The van der Waals surface area contributed by atoms with Gasteiger partial charge in [0.1, 0.15) is 13.2 Å². The number of hydrogen-bond donors (Lipinski definition) is 0. The van der Waals surface area contributed by atoms with E-state index in [0.29, 0.717) is 19.3 Å². The van der Waals surface area contributed by atoms with Crippen molar-refractivity contribution in [1.82, 2.24) is 0 Å². The van der Waals surface area contributed by atoms with E-state index in [1.54, 1.807) is 0 Å². The lowest BCUT2D eigenvalue weighted by Gasteiger charge is -2.18. The van der Waals surface area contributed by atoms with E-state index in [4.69, 9.17) is 14.2 Å². The molecular formula is C77H148O6. The van der Waals surface area contributed by atoms with Crippen molar-refractivity contribution in [3.05, 3.63) is 12.2 Å². The van der Waals surface area contributed by atoms with Gasteiger partial charge in [-0.15, -0.1) is 0 Å². The average molecular weight is 1170 g/mol. The number of allylic oxidation sites excluding steroid dienone is 2. The first kappa shape index (κ1) is 81.2. The van der Waals surface area contributed by atoms with E-state index < -0.39 is 6.10 Å². The molecule has 0 rings (SSSR count). The summed E-state index contributed by atoms with van der Waals surface area (Å²) in [6.45, 7) is 6.72. The molecule has 0 saturated carbocycles. The Bertz CT molecular complexity index is 1300. The minimum absolute atomic E-state index is 0.0617. The predicted molar refractivity (Wildman–Crippen MR) is 363 cm³/mol. The lowest BCUT2D eigenvalue weighted by atomic mass is 10.0. The Kier molecular flexibility index (Phi) is 71.0. The molecular weight excluding hydrogens is 1020 g/mol. The minimum Gasteiger partial charge on any atom is -0.462 e. The number of unbranched alkanes of at least 4 members (excludes halogenated alkanes) is 59. The number of carbonyl (C=O) groups is 3. The number of hydrogen-bond acceptors (Lipinski definition) is 6. The smallest absolute Gasteiger partial charge is 0.306 e. The van der Waals surface area contributed by atoms with Crippen molar-refractivity contribution in [3.8, 4) is 0 Å². The summed E-state index contributed by atoms with van der Waals surface area (Å²) in [6.07, 6.45) is 88.6. The third-order valence-electron chi connectivity index (χ3n) is 17.8. The molecule has 0 aliphatic carbocycles. The van der Waals surface area contributed by atoms with Crippen LogP contribution >= 0.6 is 0 Å². The lowest BCUT2D eigenvalue weighted by molar-refractivity contribution is -0.167. The largest absolute Gasteiger partial charge is 0.462 e. The SMILES string of the molecule is CCCCCCCCCC/C=C\CCCCCCCCCCCCCCCCCCCCCCCC(=O)OCC(COC(=O)CCCCCCCCCCCC)OC(=O)CCCCCCCCCCCCCCCCCCCCCCCC. The van der Waals surface area contributed by atoms with Crippen LogP contribution in [-0.4, -0.2) is 37.2 Å². The van der Waals surface area contributed by atoms with E-state index in [1.165, 1.54) is 347 Å². The van der Waals surface area contributed by atoms with Crippen molar-refractivity contribution in [2.24, 2.45) is 0 Å². The summed E-state index contributed by atoms with van der Waals surface area (Å²) in [5.74, 6) is -0.825. The Morgan fingerprint density at radius 3 is 0.602 bits per heavy atom. The van der Waals surface area contributed by atoms with Crippen LogP contribution in [0.1, 0.15) is 445 Å². The second-order valence-electron chi connectivity index (χ2n) is 26.3. The lowest BCUT2D eigenvalue weighted by Crippen LogP contribution is -2.30. The minimum atomic E-state index is -0.764. The van der Waals surface area contributed by atoms with Crippen LogP contribution in [0.2, 0.25) is 0 Å². The second-order valence-corrected chi connectivity index (χ2v) is 26.3. The third-order valence-corrected chi connectivity index (χ3v) is 17.8. The number of ether oxygens (including phenoxy) is 3. The van der Waals surface area contributed by atoms with Crippen LogP contribution in [0.5, 0.6) is 0 Å². The molecule has 492 valence electrons. The summed E-state index contributed by atoms with van der Waals surface area (Å²) in [4.78, 5) is 38.4. The Morgan fingerprint density at radius 1 is 0.229 bits per heavy atom. The zero-order valence-electron chi connectivity index (χ0n) is 56.8. The number of rotatable bonds is 72. The quantitative estimate of drug-likeness (QED) is 0.0261. The molecule has 0 aliphatic heterocycles. The van der Waals surface area contributed by atoms with Gasteiger partial charge in [-0.3, -0.25) is 14.4 Å². The zero-order valence-corrected chi connectivity index (χ0v) is 56.8. The van der Waals surface area contributed by atoms with Gasteiger partial charge in [-0.05, 0) is 44.9 Å². The highest BCUT2D eigenvalue weighted by molar-refractivity contribution is 5.71. The first-order chi connectivity index (χ1) is 41.0. The molecule has 0 saturated heterocycles. The van der Waals surface area contributed by atoms with Crippen molar-refractivity contribution in [2.45, 2.75) is 451 Å². The summed E-state index contributed by atoms with van der Waals surface area (Å²) in [5.41, 5.74) is 0. The van der Waals surface area contributed by atoms with Crippen LogP contribution in [0.3, 0.4) is 0 Å². The fourth-order valence-corrected chi connectivity index (χ4v) is 12.0.